The summed E-state index contributed by atoms with van der Waals surface area (Å²) in [6.07, 6.45) is -0.880. The molecule has 31 heavy (non-hydrogen) atoms. The number of ether oxygens (including phenoxy) is 2. The Labute approximate surface area is 185 Å². The fraction of sp³-hybridized carbons (Fsp3) is 0.480. The minimum absolute atomic E-state index is 0.00318. The molecule has 6 nitrogen and oxygen atoms in total. The number of carbonyl (C=O) groups excluding carboxylic acids is 1. The molecule has 0 bridgehead atoms. The predicted octanol–water partition coefficient (Wildman–Crippen LogP) is 5.37. The topological polar surface area (TPSA) is 77.1 Å². The maximum Gasteiger partial charge on any atom is 0.314 e. The zero-order valence-corrected chi connectivity index (χ0v) is 20.0. The molecule has 0 saturated heterocycles. The smallest absolute Gasteiger partial charge is 0.314 e. The highest BCUT2D eigenvalue weighted by Crippen LogP contribution is 2.31. The third-order valence-electron chi connectivity index (χ3n) is 4.78. The van der Waals surface area contributed by atoms with Gasteiger partial charge >= 0.3 is 5.97 Å². The number of aromatic nitrogens is 2. The third kappa shape index (κ3) is 5.97. The molecule has 0 aliphatic carbocycles. The highest BCUT2D eigenvalue weighted by molar-refractivity contribution is 5.94. The molecule has 2 aromatic rings. The summed E-state index contributed by atoms with van der Waals surface area (Å²) in [5.74, 6) is -0.0584. The minimum Gasteiger partial charge on any atom is -0.451 e. The minimum atomic E-state index is -0.880. The average molecular weight is 424 g/mol. The number of rotatable bonds is 5. The van der Waals surface area contributed by atoms with Crippen LogP contribution in [0.2, 0.25) is 0 Å². The maximum atomic E-state index is 12.3. The molecule has 1 aromatic carbocycles. The normalized spacial score (nSPS) is 13.8. The van der Waals surface area contributed by atoms with Crippen LogP contribution in [0.3, 0.4) is 0 Å². The summed E-state index contributed by atoms with van der Waals surface area (Å²) in [6.45, 7) is 15.3. The summed E-state index contributed by atoms with van der Waals surface area (Å²) < 4.78 is 13.2. The van der Waals surface area contributed by atoms with Crippen molar-refractivity contribution in [2.24, 2.45) is 12.5 Å². The third-order valence-corrected chi connectivity index (χ3v) is 4.78. The van der Waals surface area contributed by atoms with E-state index < -0.39 is 11.7 Å². The summed E-state index contributed by atoms with van der Waals surface area (Å²) >= 11 is 0. The van der Waals surface area contributed by atoms with Crippen LogP contribution < -0.4 is 0 Å². The molecule has 2 rings (SSSR count). The van der Waals surface area contributed by atoms with E-state index in [2.05, 4.69) is 31.9 Å². The van der Waals surface area contributed by atoms with E-state index in [0.29, 0.717) is 17.0 Å². The number of esters is 1. The number of nitrogens with zero attached hydrogens (tertiary/aromatic N) is 3. The first-order valence-electron chi connectivity index (χ1n) is 10.4. The fourth-order valence-electron chi connectivity index (χ4n) is 2.97. The van der Waals surface area contributed by atoms with E-state index in [9.17, 15) is 10.1 Å². The van der Waals surface area contributed by atoms with Crippen LogP contribution in [0, 0.1) is 23.7 Å². The van der Waals surface area contributed by atoms with Gasteiger partial charge in [-0.15, -0.1) is 0 Å². The van der Waals surface area contributed by atoms with E-state index in [1.54, 1.807) is 39.4 Å². The molecule has 1 unspecified atom stereocenters. The van der Waals surface area contributed by atoms with Crippen LogP contribution in [0.5, 0.6) is 0 Å². The number of hydrogen-bond acceptors (Lipinski definition) is 5. The molecule has 6 heteroatoms. The summed E-state index contributed by atoms with van der Waals surface area (Å²) in [7, 11) is 1.79. The van der Waals surface area contributed by atoms with Gasteiger partial charge < -0.3 is 9.47 Å². The average Bonchev–Trinajstić information content (AvgIpc) is 2.98. The SMILES string of the molecule is Cc1cc(/C(OC(C)OC(=O)C(C)(C)C)=C(\C#N)c2ccc(C(C)(C)C)cc2)n(C)n1. The van der Waals surface area contributed by atoms with Gasteiger partial charge in [-0.3, -0.25) is 9.48 Å². The lowest BCUT2D eigenvalue weighted by Gasteiger charge is -2.23. The highest BCUT2D eigenvalue weighted by Gasteiger charge is 2.27. The molecule has 0 spiro atoms. The van der Waals surface area contributed by atoms with Gasteiger partial charge in [0.25, 0.3) is 0 Å². The molecule has 0 N–H and O–H groups in total. The van der Waals surface area contributed by atoms with Gasteiger partial charge in [0.05, 0.1) is 11.1 Å². The highest BCUT2D eigenvalue weighted by atomic mass is 16.7. The molecule has 1 heterocycles. The summed E-state index contributed by atoms with van der Waals surface area (Å²) in [6, 6.07) is 12.0. The molecule has 0 radical (unpaired) electrons. The Morgan fingerprint density at radius 2 is 1.68 bits per heavy atom. The quantitative estimate of drug-likeness (QED) is 0.280. The molecule has 0 aliphatic heterocycles. The number of benzene rings is 1. The molecular weight excluding hydrogens is 390 g/mol. The van der Waals surface area contributed by atoms with E-state index in [1.807, 2.05) is 37.3 Å². The van der Waals surface area contributed by atoms with Crippen molar-refractivity contribution in [2.75, 3.05) is 0 Å². The van der Waals surface area contributed by atoms with Crippen LogP contribution in [0.4, 0.5) is 0 Å². The number of nitriles is 1. The van der Waals surface area contributed by atoms with Gasteiger partial charge in [-0.1, -0.05) is 45.0 Å². The van der Waals surface area contributed by atoms with Crippen molar-refractivity contribution in [3.8, 4) is 6.07 Å². The van der Waals surface area contributed by atoms with Crippen LogP contribution >= 0.6 is 0 Å². The summed E-state index contributed by atoms with van der Waals surface area (Å²) in [4.78, 5) is 12.3. The van der Waals surface area contributed by atoms with Crippen molar-refractivity contribution >= 4 is 17.3 Å². The van der Waals surface area contributed by atoms with Gasteiger partial charge in [-0.25, -0.2) is 0 Å². The molecule has 166 valence electrons. The van der Waals surface area contributed by atoms with E-state index in [1.165, 1.54) is 5.56 Å². The van der Waals surface area contributed by atoms with Gasteiger partial charge in [0.1, 0.15) is 17.3 Å². The zero-order chi connectivity index (χ0) is 23.6. The van der Waals surface area contributed by atoms with Crippen molar-refractivity contribution in [3.63, 3.8) is 0 Å². The van der Waals surface area contributed by atoms with Gasteiger partial charge in [-0.2, -0.15) is 10.4 Å². The van der Waals surface area contributed by atoms with Crippen LogP contribution in [-0.4, -0.2) is 22.0 Å². The second kappa shape index (κ2) is 8.97. The number of hydrogen-bond donors (Lipinski definition) is 0. The monoisotopic (exact) mass is 423 g/mol. The van der Waals surface area contributed by atoms with Crippen molar-refractivity contribution in [1.29, 1.82) is 5.26 Å². The molecular formula is C25H33N3O3. The molecule has 1 aromatic heterocycles. The Balaban J connectivity index is 2.54. The number of aryl methyl sites for hydroxylation is 2. The van der Waals surface area contributed by atoms with Gasteiger partial charge in [-0.05, 0) is 50.3 Å². The van der Waals surface area contributed by atoms with Crippen LogP contribution in [0.25, 0.3) is 11.3 Å². The Morgan fingerprint density at radius 1 is 1.10 bits per heavy atom. The van der Waals surface area contributed by atoms with Gasteiger partial charge in [0.15, 0.2) is 5.76 Å². The first-order chi connectivity index (χ1) is 14.2. The summed E-state index contributed by atoms with van der Waals surface area (Å²) in [5, 5.41) is 14.4. The number of carbonyl (C=O) groups is 1. The molecule has 0 amide bonds. The largest absolute Gasteiger partial charge is 0.451 e. The lowest BCUT2D eigenvalue weighted by molar-refractivity contribution is -0.173. The Hall–Kier alpha value is -3.07. The first-order valence-corrected chi connectivity index (χ1v) is 10.4. The zero-order valence-electron chi connectivity index (χ0n) is 20.0. The lowest BCUT2D eigenvalue weighted by Crippen LogP contribution is -2.28. The maximum absolute atomic E-state index is 12.3. The Bertz CT molecular complexity index is 1010. The van der Waals surface area contributed by atoms with Gasteiger partial charge in [0.2, 0.25) is 6.29 Å². The standard InChI is InChI=1S/C25H33N3O3/c1-16-14-21(28(9)27-16)22(30-17(2)31-23(29)25(6,7)8)20(15-26)18-10-12-19(13-11-18)24(3,4)5/h10-14,17H,1-9H3/b22-20-. The molecule has 1 atom stereocenters. The van der Waals surface area contributed by atoms with Crippen molar-refractivity contribution in [1.82, 2.24) is 9.78 Å². The Morgan fingerprint density at radius 3 is 2.10 bits per heavy atom. The van der Waals surface area contributed by atoms with Crippen molar-refractivity contribution in [3.05, 3.63) is 52.8 Å². The lowest BCUT2D eigenvalue weighted by atomic mass is 9.86. The predicted molar refractivity (Wildman–Crippen MR) is 122 cm³/mol. The second-order valence-corrected chi connectivity index (χ2v) is 9.78. The van der Waals surface area contributed by atoms with Crippen molar-refractivity contribution < 1.29 is 14.3 Å². The number of allylic oxidation sites excluding steroid dienone is 1. The van der Waals surface area contributed by atoms with Crippen molar-refractivity contribution in [2.45, 2.75) is 67.1 Å². The summed E-state index contributed by atoms with van der Waals surface area (Å²) in [5.41, 5.74) is 3.00. The second-order valence-electron chi connectivity index (χ2n) is 9.78. The van der Waals surface area contributed by atoms with Crippen LogP contribution in [-0.2, 0) is 26.7 Å². The Kier molecular flexibility index (Phi) is 7.00. The van der Waals surface area contributed by atoms with Crippen LogP contribution in [0.1, 0.15) is 71.0 Å². The first kappa shape index (κ1) is 24.2. The van der Waals surface area contributed by atoms with E-state index in [0.717, 1.165) is 11.3 Å². The molecule has 0 saturated carbocycles. The van der Waals surface area contributed by atoms with E-state index in [4.69, 9.17) is 9.47 Å². The van der Waals surface area contributed by atoms with E-state index >= 15 is 0 Å². The molecule has 0 fully saturated rings. The van der Waals surface area contributed by atoms with Gasteiger partial charge in [0, 0.05) is 14.0 Å². The van der Waals surface area contributed by atoms with E-state index in [-0.39, 0.29) is 11.4 Å². The molecule has 0 aliphatic rings. The fourth-order valence-corrected chi connectivity index (χ4v) is 2.97. The van der Waals surface area contributed by atoms with Crippen LogP contribution in [0.15, 0.2) is 30.3 Å².